The van der Waals surface area contributed by atoms with Gasteiger partial charge in [0.1, 0.15) is 0 Å². The molecule has 1 N–H and O–H groups in total. The Hall–Kier alpha value is -0.120. The molecule has 1 aliphatic carbocycles. The van der Waals surface area contributed by atoms with Crippen LogP contribution in [0.2, 0.25) is 0 Å². The number of nitrogens with zero attached hydrogens (tertiary/aromatic N) is 2. The molecule has 1 unspecified atom stereocenters. The molecule has 0 bridgehead atoms. The Morgan fingerprint density at radius 3 is 2.41 bits per heavy atom. The number of nitrogens with one attached hydrogen (secondary N) is 1. The van der Waals surface area contributed by atoms with Crippen LogP contribution in [0.4, 0.5) is 0 Å². The zero-order valence-electron chi connectivity index (χ0n) is 12.2. The highest BCUT2D eigenvalue weighted by Gasteiger charge is 2.16. The minimum absolute atomic E-state index is 0.653. The van der Waals surface area contributed by atoms with E-state index in [0.717, 1.165) is 25.7 Å². The van der Waals surface area contributed by atoms with Gasteiger partial charge in [0, 0.05) is 31.7 Å². The molecular weight excluding hydrogens is 210 g/mol. The van der Waals surface area contributed by atoms with Crippen molar-refractivity contribution < 1.29 is 0 Å². The SMILES string of the molecule is CCN(CCNC1CCCC1)C(C)CN(C)C. The molecule has 1 atom stereocenters. The van der Waals surface area contributed by atoms with Crippen LogP contribution in [0, 0.1) is 0 Å². The molecule has 1 saturated carbocycles. The standard InChI is InChI=1S/C14H31N3/c1-5-17(13(2)12-16(3)4)11-10-15-14-8-6-7-9-14/h13-15H,5-12H2,1-4H3. The first-order chi connectivity index (χ1) is 8.13. The van der Waals surface area contributed by atoms with Gasteiger partial charge in [-0.3, -0.25) is 4.90 Å². The first-order valence-corrected chi connectivity index (χ1v) is 7.25. The lowest BCUT2D eigenvalue weighted by Gasteiger charge is -2.30. The first kappa shape index (κ1) is 14.9. The van der Waals surface area contributed by atoms with E-state index in [0.29, 0.717) is 6.04 Å². The number of rotatable bonds is 8. The molecule has 0 aliphatic heterocycles. The molecule has 1 aliphatic rings. The van der Waals surface area contributed by atoms with Gasteiger partial charge in [0.2, 0.25) is 0 Å². The molecule has 17 heavy (non-hydrogen) atoms. The molecule has 102 valence electrons. The number of likely N-dealkylation sites (N-methyl/N-ethyl adjacent to an activating group) is 2. The average Bonchev–Trinajstić information content (AvgIpc) is 2.76. The van der Waals surface area contributed by atoms with Crippen molar-refractivity contribution in [3.05, 3.63) is 0 Å². The topological polar surface area (TPSA) is 18.5 Å². The summed E-state index contributed by atoms with van der Waals surface area (Å²) in [6, 6.07) is 1.46. The second-order valence-electron chi connectivity index (χ2n) is 5.68. The molecule has 0 saturated heterocycles. The summed E-state index contributed by atoms with van der Waals surface area (Å²) in [5, 5.41) is 3.70. The van der Waals surface area contributed by atoms with Gasteiger partial charge in [-0.05, 0) is 40.4 Å². The van der Waals surface area contributed by atoms with E-state index in [2.05, 4.69) is 43.1 Å². The second-order valence-corrected chi connectivity index (χ2v) is 5.68. The predicted molar refractivity (Wildman–Crippen MR) is 75.5 cm³/mol. The third kappa shape index (κ3) is 5.84. The fourth-order valence-corrected chi connectivity index (χ4v) is 2.88. The van der Waals surface area contributed by atoms with Crippen molar-refractivity contribution in [2.45, 2.75) is 51.6 Å². The highest BCUT2D eigenvalue weighted by molar-refractivity contribution is 4.75. The zero-order valence-corrected chi connectivity index (χ0v) is 12.2. The van der Waals surface area contributed by atoms with Crippen molar-refractivity contribution in [2.24, 2.45) is 0 Å². The lowest BCUT2D eigenvalue weighted by atomic mass is 10.2. The molecule has 0 amide bonds. The van der Waals surface area contributed by atoms with Crippen LogP contribution in [0.3, 0.4) is 0 Å². The van der Waals surface area contributed by atoms with Crippen LogP contribution in [0.1, 0.15) is 39.5 Å². The summed E-state index contributed by atoms with van der Waals surface area (Å²) >= 11 is 0. The van der Waals surface area contributed by atoms with Crippen LogP contribution in [-0.4, -0.2) is 62.2 Å². The largest absolute Gasteiger partial charge is 0.313 e. The molecule has 3 heteroatoms. The summed E-state index contributed by atoms with van der Waals surface area (Å²) in [4.78, 5) is 4.85. The second kappa shape index (κ2) is 8.06. The molecule has 0 spiro atoms. The summed E-state index contributed by atoms with van der Waals surface area (Å²) in [6.45, 7) is 9.23. The fraction of sp³-hybridized carbons (Fsp3) is 1.00. The van der Waals surface area contributed by atoms with Crippen LogP contribution in [0.5, 0.6) is 0 Å². The Kier molecular flexibility index (Phi) is 7.09. The van der Waals surface area contributed by atoms with Crippen LogP contribution in [0.25, 0.3) is 0 Å². The van der Waals surface area contributed by atoms with Crippen molar-refractivity contribution in [3.8, 4) is 0 Å². The lowest BCUT2D eigenvalue weighted by molar-refractivity contribution is 0.180. The van der Waals surface area contributed by atoms with E-state index >= 15 is 0 Å². The normalized spacial score (nSPS) is 19.4. The maximum atomic E-state index is 3.70. The minimum Gasteiger partial charge on any atom is -0.313 e. The van der Waals surface area contributed by atoms with E-state index < -0.39 is 0 Å². The van der Waals surface area contributed by atoms with Crippen LogP contribution in [-0.2, 0) is 0 Å². The highest BCUT2D eigenvalue weighted by Crippen LogP contribution is 2.17. The summed E-state index contributed by atoms with van der Waals surface area (Å²) in [6.07, 6.45) is 5.62. The van der Waals surface area contributed by atoms with Gasteiger partial charge in [-0.15, -0.1) is 0 Å². The molecule has 0 aromatic rings. The predicted octanol–water partition coefficient (Wildman–Crippen LogP) is 1.79. The van der Waals surface area contributed by atoms with Crippen LogP contribution in [0.15, 0.2) is 0 Å². The number of hydrogen-bond acceptors (Lipinski definition) is 3. The summed E-state index contributed by atoms with van der Waals surface area (Å²) in [5.41, 5.74) is 0. The van der Waals surface area contributed by atoms with Gasteiger partial charge in [0.05, 0.1) is 0 Å². The Morgan fingerprint density at radius 1 is 1.24 bits per heavy atom. The van der Waals surface area contributed by atoms with E-state index in [4.69, 9.17) is 0 Å². The number of hydrogen-bond donors (Lipinski definition) is 1. The van der Waals surface area contributed by atoms with Crippen molar-refractivity contribution >= 4 is 0 Å². The van der Waals surface area contributed by atoms with Gasteiger partial charge in [0.15, 0.2) is 0 Å². The van der Waals surface area contributed by atoms with E-state index in [-0.39, 0.29) is 0 Å². The van der Waals surface area contributed by atoms with Gasteiger partial charge < -0.3 is 10.2 Å². The molecule has 0 aromatic heterocycles. The Bertz CT molecular complexity index is 188. The van der Waals surface area contributed by atoms with Crippen molar-refractivity contribution in [1.82, 2.24) is 15.1 Å². The third-order valence-corrected chi connectivity index (χ3v) is 3.85. The van der Waals surface area contributed by atoms with Crippen LogP contribution >= 0.6 is 0 Å². The lowest BCUT2D eigenvalue weighted by Crippen LogP contribution is -2.44. The van der Waals surface area contributed by atoms with Crippen molar-refractivity contribution in [2.75, 3.05) is 40.3 Å². The Morgan fingerprint density at radius 2 is 1.88 bits per heavy atom. The highest BCUT2D eigenvalue weighted by atomic mass is 15.2. The molecule has 0 radical (unpaired) electrons. The molecule has 1 fully saturated rings. The zero-order chi connectivity index (χ0) is 12.7. The van der Waals surface area contributed by atoms with Gasteiger partial charge in [0.25, 0.3) is 0 Å². The maximum Gasteiger partial charge on any atom is 0.0195 e. The van der Waals surface area contributed by atoms with Gasteiger partial charge in [-0.1, -0.05) is 19.8 Å². The summed E-state index contributed by atoms with van der Waals surface area (Å²) < 4.78 is 0. The van der Waals surface area contributed by atoms with Crippen molar-refractivity contribution in [3.63, 3.8) is 0 Å². The third-order valence-electron chi connectivity index (χ3n) is 3.85. The smallest absolute Gasteiger partial charge is 0.0195 e. The average molecular weight is 241 g/mol. The Labute approximate surface area is 108 Å². The monoisotopic (exact) mass is 241 g/mol. The summed E-state index contributed by atoms with van der Waals surface area (Å²) in [7, 11) is 4.31. The molecule has 0 aromatic carbocycles. The van der Waals surface area contributed by atoms with E-state index in [1.54, 1.807) is 0 Å². The van der Waals surface area contributed by atoms with Gasteiger partial charge in [-0.2, -0.15) is 0 Å². The molecule has 1 rings (SSSR count). The van der Waals surface area contributed by atoms with E-state index in [9.17, 15) is 0 Å². The fourth-order valence-electron chi connectivity index (χ4n) is 2.88. The van der Waals surface area contributed by atoms with Gasteiger partial charge in [-0.25, -0.2) is 0 Å². The van der Waals surface area contributed by atoms with E-state index in [1.807, 2.05) is 0 Å². The molecular formula is C14H31N3. The van der Waals surface area contributed by atoms with Crippen LogP contribution < -0.4 is 5.32 Å². The molecule has 3 nitrogen and oxygen atoms in total. The van der Waals surface area contributed by atoms with Crippen molar-refractivity contribution in [1.29, 1.82) is 0 Å². The first-order valence-electron chi connectivity index (χ1n) is 7.25. The quantitative estimate of drug-likeness (QED) is 0.699. The maximum absolute atomic E-state index is 3.70. The molecule has 0 heterocycles. The minimum atomic E-state index is 0.653. The Balaban J connectivity index is 2.16. The van der Waals surface area contributed by atoms with E-state index in [1.165, 1.54) is 32.2 Å². The summed E-state index contributed by atoms with van der Waals surface area (Å²) in [5.74, 6) is 0. The van der Waals surface area contributed by atoms with Gasteiger partial charge >= 0.3 is 0 Å².